The minimum Gasteiger partial charge on any atom is -0.380 e. The second-order valence-electron chi connectivity index (χ2n) is 4.77. The summed E-state index contributed by atoms with van der Waals surface area (Å²) < 4.78 is 5.11. The number of ether oxygens (including phenoxy) is 1. The standard InChI is InChI=1S/C11H22N2O2/c1-3-4-5-9(12)10(14)13-6-11(2)7-15-8-11/h9H,3-8,12H2,1-2H3,(H,13,14). The summed E-state index contributed by atoms with van der Waals surface area (Å²) in [7, 11) is 0. The Hall–Kier alpha value is -0.610. The molecule has 1 aliphatic rings. The molecule has 0 aromatic heterocycles. The van der Waals surface area contributed by atoms with Crippen molar-refractivity contribution in [3.05, 3.63) is 0 Å². The molecule has 0 saturated carbocycles. The number of nitrogens with one attached hydrogen (secondary N) is 1. The van der Waals surface area contributed by atoms with Crippen molar-refractivity contribution in [1.82, 2.24) is 5.32 Å². The number of hydrogen-bond donors (Lipinski definition) is 2. The largest absolute Gasteiger partial charge is 0.380 e. The molecule has 1 fully saturated rings. The minimum absolute atomic E-state index is 0.0309. The van der Waals surface area contributed by atoms with E-state index in [-0.39, 0.29) is 17.4 Å². The lowest BCUT2D eigenvalue weighted by Crippen LogP contribution is -2.51. The molecule has 1 saturated heterocycles. The van der Waals surface area contributed by atoms with Crippen LogP contribution in [0.15, 0.2) is 0 Å². The summed E-state index contributed by atoms with van der Waals surface area (Å²) in [6, 6.07) is -0.352. The van der Waals surface area contributed by atoms with E-state index in [1.54, 1.807) is 0 Å². The molecule has 0 aromatic rings. The van der Waals surface area contributed by atoms with Crippen LogP contribution in [-0.2, 0) is 9.53 Å². The first-order chi connectivity index (χ1) is 7.07. The van der Waals surface area contributed by atoms with Crippen LogP contribution in [0.1, 0.15) is 33.1 Å². The van der Waals surface area contributed by atoms with E-state index in [1.165, 1.54) is 0 Å². The van der Waals surface area contributed by atoms with E-state index in [0.717, 1.165) is 32.5 Å². The highest BCUT2D eigenvalue weighted by molar-refractivity contribution is 5.81. The summed E-state index contributed by atoms with van der Waals surface area (Å²) in [5.74, 6) is -0.0309. The zero-order chi connectivity index (χ0) is 11.3. The van der Waals surface area contributed by atoms with Crippen molar-refractivity contribution in [2.24, 2.45) is 11.1 Å². The molecule has 3 N–H and O–H groups in total. The molecular weight excluding hydrogens is 192 g/mol. The van der Waals surface area contributed by atoms with E-state index in [0.29, 0.717) is 6.54 Å². The highest BCUT2D eigenvalue weighted by atomic mass is 16.5. The summed E-state index contributed by atoms with van der Waals surface area (Å²) in [5.41, 5.74) is 5.87. The number of amides is 1. The van der Waals surface area contributed by atoms with Gasteiger partial charge >= 0.3 is 0 Å². The van der Waals surface area contributed by atoms with Crippen LogP contribution in [-0.4, -0.2) is 31.7 Å². The van der Waals surface area contributed by atoms with Gasteiger partial charge in [-0.2, -0.15) is 0 Å². The lowest BCUT2D eigenvalue weighted by atomic mass is 9.88. The van der Waals surface area contributed by atoms with Gasteiger partial charge in [0.25, 0.3) is 0 Å². The Morgan fingerprint density at radius 3 is 2.73 bits per heavy atom. The van der Waals surface area contributed by atoms with Crippen LogP contribution in [0.25, 0.3) is 0 Å². The quantitative estimate of drug-likeness (QED) is 0.682. The van der Waals surface area contributed by atoms with E-state index >= 15 is 0 Å². The molecule has 4 nitrogen and oxygen atoms in total. The van der Waals surface area contributed by atoms with Crippen LogP contribution in [0.4, 0.5) is 0 Å². The molecule has 1 rings (SSSR count). The van der Waals surface area contributed by atoms with Crippen LogP contribution >= 0.6 is 0 Å². The van der Waals surface area contributed by atoms with E-state index < -0.39 is 0 Å². The Morgan fingerprint density at radius 2 is 2.27 bits per heavy atom. The Morgan fingerprint density at radius 1 is 1.60 bits per heavy atom. The molecule has 15 heavy (non-hydrogen) atoms. The van der Waals surface area contributed by atoms with Crippen molar-refractivity contribution in [2.75, 3.05) is 19.8 Å². The molecule has 0 aromatic carbocycles. The van der Waals surface area contributed by atoms with Gasteiger partial charge in [0.2, 0.25) is 5.91 Å². The Kier molecular flexibility index (Phi) is 4.54. The molecule has 4 heteroatoms. The Labute approximate surface area is 91.5 Å². The van der Waals surface area contributed by atoms with Crippen molar-refractivity contribution in [1.29, 1.82) is 0 Å². The Balaban J connectivity index is 2.17. The molecule has 0 aliphatic carbocycles. The zero-order valence-corrected chi connectivity index (χ0v) is 9.71. The fourth-order valence-electron chi connectivity index (χ4n) is 1.54. The monoisotopic (exact) mass is 214 g/mol. The fraction of sp³-hybridized carbons (Fsp3) is 0.909. The predicted molar refractivity (Wildman–Crippen MR) is 59.4 cm³/mol. The number of rotatable bonds is 6. The second-order valence-corrected chi connectivity index (χ2v) is 4.77. The lowest BCUT2D eigenvalue weighted by Gasteiger charge is -2.38. The van der Waals surface area contributed by atoms with Gasteiger partial charge < -0.3 is 15.8 Å². The average Bonchev–Trinajstić information content (AvgIpc) is 2.19. The third-order valence-electron chi connectivity index (χ3n) is 2.80. The molecule has 1 aliphatic heterocycles. The lowest BCUT2D eigenvalue weighted by molar-refractivity contribution is -0.128. The molecule has 1 heterocycles. The molecule has 0 radical (unpaired) electrons. The molecule has 0 spiro atoms. The van der Waals surface area contributed by atoms with Gasteiger partial charge in [0.05, 0.1) is 19.3 Å². The van der Waals surface area contributed by atoms with Crippen molar-refractivity contribution in [3.8, 4) is 0 Å². The van der Waals surface area contributed by atoms with Gasteiger partial charge in [0, 0.05) is 12.0 Å². The van der Waals surface area contributed by atoms with E-state index in [9.17, 15) is 4.79 Å². The molecule has 1 amide bonds. The summed E-state index contributed by atoms with van der Waals surface area (Å²) >= 11 is 0. The van der Waals surface area contributed by atoms with Crippen LogP contribution < -0.4 is 11.1 Å². The highest BCUT2D eigenvalue weighted by Crippen LogP contribution is 2.24. The fourth-order valence-corrected chi connectivity index (χ4v) is 1.54. The van der Waals surface area contributed by atoms with E-state index in [1.807, 2.05) is 0 Å². The van der Waals surface area contributed by atoms with Crippen molar-refractivity contribution >= 4 is 5.91 Å². The van der Waals surface area contributed by atoms with Crippen LogP contribution in [0, 0.1) is 5.41 Å². The van der Waals surface area contributed by atoms with Gasteiger partial charge in [-0.3, -0.25) is 4.79 Å². The SMILES string of the molecule is CCCCC(N)C(=O)NCC1(C)COC1. The average molecular weight is 214 g/mol. The summed E-state index contributed by atoms with van der Waals surface area (Å²) in [6.45, 7) is 6.34. The molecule has 1 unspecified atom stereocenters. The summed E-state index contributed by atoms with van der Waals surface area (Å²) in [5, 5.41) is 2.89. The Bertz CT molecular complexity index is 215. The van der Waals surface area contributed by atoms with Crippen molar-refractivity contribution < 1.29 is 9.53 Å². The van der Waals surface area contributed by atoms with E-state index in [2.05, 4.69) is 19.2 Å². The van der Waals surface area contributed by atoms with Gasteiger partial charge in [0.15, 0.2) is 0 Å². The van der Waals surface area contributed by atoms with Crippen LogP contribution in [0.5, 0.6) is 0 Å². The third kappa shape index (κ3) is 3.80. The normalized spacial score (nSPS) is 20.5. The minimum atomic E-state index is -0.352. The van der Waals surface area contributed by atoms with Crippen LogP contribution in [0.2, 0.25) is 0 Å². The number of hydrogen-bond acceptors (Lipinski definition) is 3. The highest BCUT2D eigenvalue weighted by Gasteiger charge is 2.33. The first kappa shape index (κ1) is 12.5. The van der Waals surface area contributed by atoms with Crippen molar-refractivity contribution in [3.63, 3.8) is 0 Å². The van der Waals surface area contributed by atoms with Gasteiger partial charge in [-0.25, -0.2) is 0 Å². The van der Waals surface area contributed by atoms with Crippen LogP contribution in [0.3, 0.4) is 0 Å². The zero-order valence-electron chi connectivity index (χ0n) is 9.71. The smallest absolute Gasteiger partial charge is 0.236 e. The number of unbranched alkanes of at least 4 members (excludes halogenated alkanes) is 1. The maximum atomic E-state index is 11.6. The molecule has 88 valence electrons. The first-order valence-corrected chi connectivity index (χ1v) is 5.68. The predicted octanol–water partition coefficient (Wildman–Crippen LogP) is 0.657. The maximum absolute atomic E-state index is 11.6. The van der Waals surface area contributed by atoms with Crippen molar-refractivity contribution in [2.45, 2.75) is 39.2 Å². The number of nitrogens with two attached hydrogens (primary N) is 1. The molecular formula is C11H22N2O2. The number of carbonyl (C=O) groups is 1. The molecule has 1 atom stereocenters. The summed E-state index contributed by atoms with van der Waals surface area (Å²) in [4.78, 5) is 11.6. The first-order valence-electron chi connectivity index (χ1n) is 5.68. The van der Waals surface area contributed by atoms with Gasteiger partial charge in [-0.05, 0) is 6.42 Å². The van der Waals surface area contributed by atoms with Gasteiger partial charge in [-0.15, -0.1) is 0 Å². The van der Waals surface area contributed by atoms with E-state index in [4.69, 9.17) is 10.5 Å². The maximum Gasteiger partial charge on any atom is 0.236 e. The second kappa shape index (κ2) is 5.47. The molecule has 0 bridgehead atoms. The van der Waals surface area contributed by atoms with Gasteiger partial charge in [0.1, 0.15) is 0 Å². The summed E-state index contributed by atoms with van der Waals surface area (Å²) in [6.07, 6.45) is 2.86. The topological polar surface area (TPSA) is 64.4 Å². The van der Waals surface area contributed by atoms with Gasteiger partial charge in [-0.1, -0.05) is 26.7 Å². The third-order valence-corrected chi connectivity index (χ3v) is 2.80. The number of carbonyl (C=O) groups excluding carboxylic acids is 1.